The third kappa shape index (κ3) is 1.34. The first-order valence-electron chi connectivity index (χ1n) is 5.29. The fourth-order valence-corrected chi connectivity index (χ4v) is 2.02. The van der Waals surface area contributed by atoms with Gasteiger partial charge in [-0.2, -0.15) is 0 Å². The summed E-state index contributed by atoms with van der Waals surface area (Å²) < 4.78 is 6.98. The van der Waals surface area contributed by atoms with Crippen LogP contribution in [0, 0.1) is 6.92 Å². The zero-order valence-corrected chi connectivity index (χ0v) is 8.99. The number of aromatic nitrogens is 2. The molecule has 0 unspecified atom stereocenters. The molecule has 16 heavy (non-hydrogen) atoms. The Hall–Kier alpha value is -1.97. The molecule has 1 N–H and O–H groups in total. The third-order valence-corrected chi connectivity index (χ3v) is 2.78. The van der Waals surface area contributed by atoms with Gasteiger partial charge in [-0.3, -0.25) is 9.89 Å². The first kappa shape index (κ1) is 9.27. The molecule has 0 radical (unpaired) electrons. The van der Waals surface area contributed by atoms with E-state index >= 15 is 0 Å². The third-order valence-electron chi connectivity index (χ3n) is 2.78. The fraction of sp³-hybridized carbons (Fsp3) is 0.250. The molecular weight excluding hydrogens is 204 g/mol. The van der Waals surface area contributed by atoms with Gasteiger partial charge in [0.2, 0.25) is 0 Å². The minimum absolute atomic E-state index is 0.0311. The van der Waals surface area contributed by atoms with Crippen LogP contribution in [0.25, 0.3) is 5.69 Å². The van der Waals surface area contributed by atoms with Crippen molar-refractivity contribution in [2.75, 3.05) is 6.61 Å². The van der Waals surface area contributed by atoms with Gasteiger partial charge in [0.05, 0.1) is 12.3 Å². The first-order chi connectivity index (χ1) is 7.74. The Morgan fingerprint density at radius 1 is 1.38 bits per heavy atom. The highest BCUT2D eigenvalue weighted by atomic mass is 16.5. The average Bonchev–Trinajstić information content (AvgIpc) is 2.83. The number of aromatic amines is 1. The van der Waals surface area contributed by atoms with Gasteiger partial charge in [-0.05, 0) is 30.7 Å². The van der Waals surface area contributed by atoms with E-state index in [1.165, 1.54) is 0 Å². The largest absolute Gasteiger partial charge is 0.493 e. The Bertz CT molecular complexity index is 595. The minimum atomic E-state index is -0.0311. The van der Waals surface area contributed by atoms with Crippen LogP contribution < -0.4 is 10.3 Å². The predicted octanol–water partition coefficient (Wildman–Crippen LogP) is 1.41. The number of hydrogen-bond acceptors (Lipinski definition) is 2. The molecule has 0 amide bonds. The lowest BCUT2D eigenvalue weighted by Gasteiger charge is -2.04. The number of H-pyrrole nitrogens is 1. The van der Waals surface area contributed by atoms with Crippen LogP contribution in [-0.2, 0) is 6.42 Å². The quantitative estimate of drug-likeness (QED) is 0.783. The molecule has 0 fully saturated rings. The molecule has 1 aliphatic rings. The summed E-state index contributed by atoms with van der Waals surface area (Å²) in [5.41, 5.74) is 2.86. The molecule has 0 spiro atoms. The van der Waals surface area contributed by atoms with Gasteiger partial charge >= 0.3 is 0 Å². The maximum atomic E-state index is 11.6. The van der Waals surface area contributed by atoms with Gasteiger partial charge in [0.1, 0.15) is 5.75 Å². The fourth-order valence-electron chi connectivity index (χ4n) is 2.02. The van der Waals surface area contributed by atoms with E-state index in [0.717, 1.165) is 35.7 Å². The summed E-state index contributed by atoms with van der Waals surface area (Å²) in [7, 11) is 0. The molecule has 3 rings (SSSR count). The smallest absolute Gasteiger partial charge is 0.271 e. The van der Waals surface area contributed by atoms with Crippen molar-refractivity contribution in [1.82, 2.24) is 9.78 Å². The van der Waals surface area contributed by atoms with Crippen LogP contribution in [-0.4, -0.2) is 16.4 Å². The summed E-state index contributed by atoms with van der Waals surface area (Å²) >= 11 is 0. The van der Waals surface area contributed by atoms with Gasteiger partial charge in [-0.15, -0.1) is 0 Å². The molecule has 1 aromatic carbocycles. The van der Waals surface area contributed by atoms with Crippen LogP contribution in [0.3, 0.4) is 0 Å². The number of nitrogens with one attached hydrogen (secondary N) is 1. The lowest BCUT2D eigenvalue weighted by molar-refractivity contribution is 0.357. The van der Waals surface area contributed by atoms with Crippen LogP contribution in [0.4, 0.5) is 0 Å². The minimum Gasteiger partial charge on any atom is -0.493 e. The number of aryl methyl sites for hydroxylation is 1. The summed E-state index contributed by atoms with van der Waals surface area (Å²) in [4.78, 5) is 11.6. The molecule has 4 nitrogen and oxygen atoms in total. The van der Waals surface area contributed by atoms with E-state index in [1.54, 1.807) is 10.7 Å². The molecule has 2 aromatic rings. The van der Waals surface area contributed by atoms with Crippen LogP contribution in [0.15, 0.2) is 29.1 Å². The molecule has 2 heterocycles. The maximum Gasteiger partial charge on any atom is 0.271 e. The predicted molar refractivity (Wildman–Crippen MR) is 60.3 cm³/mol. The van der Waals surface area contributed by atoms with E-state index in [2.05, 4.69) is 5.10 Å². The monoisotopic (exact) mass is 216 g/mol. The molecule has 0 aliphatic carbocycles. The molecular formula is C12H12N2O2. The van der Waals surface area contributed by atoms with Crippen LogP contribution >= 0.6 is 0 Å². The van der Waals surface area contributed by atoms with Crippen molar-refractivity contribution in [3.63, 3.8) is 0 Å². The van der Waals surface area contributed by atoms with E-state index in [4.69, 9.17) is 4.74 Å². The molecule has 0 saturated carbocycles. The lowest BCUT2D eigenvalue weighted by Crippen LogP contribution is -2.13. The normalized spacial score (nSPS) is 13.6. The molecule has 0 saturated heterocycles. The second-order valence-corrected chi connectivity index (χ2v) is 4.00. The summed E-state index contributed by atoms with van der Waals surface area (Å²) in [6.45, 7) is 2.60. The van der Waals surface area contributed by atoms with E-state index in [1.807, 2.05) is 25.1 Å². The van der Waals surface area contributed by atoms with Crippen molar-refractivity contribution >= 4 is 0 Å². The first-order valence-corrected chi connectivity index (χ1v) is 5.29. The van der Waals surface area contributed by atoms with Gasteiger partial charge in [-0.1, -0.05) is 0 Å². The summed E-state index contributed by atoms with van der Waals surface area (Å²) in [6.07, 6.45) is 0.914. The second kappa shape index (κ2) is 3.27. The standard InChI is InChI=1S/C12H12N2O2/c1-8-6-12(15)14(13-8)10-2-3-11-9(7-10)4-5-16-11/h2-3,6-7,13H,4-5H2,1H3. The molecule has 82 valence electrons. The highest BCUT2D eigenvalue weighted by molar-refractivity contribution is 5.45. The number of hydrogen-bond donors (Lipinski definition) is 1. The van der Waals surface area contributed by atoms with E-state index in [0.29, 0.717) is 0 Å². The molecule has 4 heteroatoms. The number of ether oxygens (including phenoxy) is 1. The Balaban J connectivity index is 2.14. The SMILES string of the molecule is Cc1cc(=O)n(-c2ccc3c(c2)CCO3)[nH]1. The molecule has 0 atom stereocenters. The lowest BCUT2D eigenvalue weighted by atomic mass is 10.1. The van der Waals surface area contributed by atoms with Crippen molar-refractivity contribution in [3.8, 4) is 11.4 Å². The topological polar surface area (TPSA) is 47.0 Å². The zero-order chi connectivity index (χ0) is 11.1. The highest BCUT2D eigenvalue weighted by Gasteiger charge is 2.13. The Labute approximate surface area is 92.5 Å². The van der Waals surface area contributed by atoms with E-state index in [-0.39, 0.29) is 5.56 Å². The number of rotatable bonds is 1. The summed E-state index contributed by atoms with van der Waals surface area (Å²) in [5, 5.41) is 3.02. The van der Waals surface area contributed by atoms with Gasteiger partial charge in [-0.25, -0.2) is 4.68 Å². The molecule has 0 bridgehead atoms. The van der Waals surface area contributed by atoms with Crippen LogP contribution in [0.5, 0.6) is 5.75 Å². The van der Waals surface area contributed by atoms with E-state index in [9.17, 15) is 4.79 Å². The Morgan fingerprint density at radius 3 is 3.00 bits per heavy atom. The highest BCUT2D eigenvalue weighted by Crippen LogP contribution is 2.26. The van der Waals surface area contributed by atoms with Crippen molar-refractivity contribution in [2.45, 2.75) is 13.3 Å². The number of fused-ring (bicyclic) bond motifs is 1. The van der Waals surface area contributed by atoms with Crippen molar-refractivity contribution < 1.29 is 4.74 Å². The van der Waals surface area contributed by atoms with Gasteiger partial charge in [0.25, 0.3) is 5.56 Å². The molecule has 1 aliphatic heterocycles. The van der Waals surface area contributed by atoms with Crippen molar-refractivity contribution in [3.05, 3.63) is 45.9 Å². The maximum absolute atomic E-state index is 11.6. The number of nitrogens with zero attached hydrogens (tertiary/aromatic N) is 1. The van der Waals surface area contributed by atoms with Crippen molar-refractivity contribution in [2.24, 2.45) is 0 Å². The molecule has 1 aromatic heterocycles. The second-order valence-electron chi connectivity index (χ2n) is 4.00. The van der Waals surface area contributed by atoms with Crippen LogP contribution in [0.2, 0.25) is 0 Å². The van der Waals surface area contributed by atoms with Crippen molar-refractivity contribution in [1.29, 1.82) is 0 Å². The van der Waals surface area contributed by atoms with Crippen LogP contribution in [0.1, 0.15) is 11.3 Å². The Morgan fingerprint density at radius 2 is 2.25 bits per heavy atom. The average molecular weight is 216 g/mol. The Kier molecular flexibility index (Phi) is 1.89. The number of benzene rings is 1. The van der Waals surface area contributed by atoms with Gasteiger partial charge in [0.15, 0.2) is 0 Å². The summed E-state index contributed by atoms with van der Waals surface area (Å²) in [6, 6.07) is 7.39. The summed E-state index contributed by atoms with van der Waals surface area (Å²) in [5.74, 6) is 0.931. The van der Waals surface area contributed by atoms with Gasteiger partial charge in [0, 0.05) is 18.2 Å². The zero-order valence-electron chi connectivity index (χ0n) is 8.99. The van der Waals surface area contributed by atoms with Gasteiger partial charge < -0.3 is 4.74 Å². The van der Waals surface area contributed by atoms with E-state index < -0.39 is 0 Å².